The van der Waals surface area contributed by atoms with E-state index in [0.29, 0.717) is 0 Å². The molecule has 0 bridgehead atoms. The first kappa shape index (κ1) is 19.9. The summed E-state index contributed by atoms with van der Waals surface area (Å²) in [5.41, 5.74) is 3.07. The van der Waals surface area contributed by atoms with Crippen molar-refractivity contribution in [2.75, 3.05) is 6.61 Å². The van der Waals surface area contributed by atoms with Crippen molar-refractivity contribution in [1.82, 2.24) is 5.32 Å². The summed E-state index contributed by atoms with van der Waals surface area (Å²) >= 11 is 3.37. The summed E-state index contributed by atoms with van der Waals surface area (Å²) in [6.07, 6.45) is 3.71. The average molecular weight is 416 g/mol. The zero-order valence-corrected chi connectivity index (χ0v) is 16.5. The van der Waals surface area contributed by atoms with Crippen LogP contribution in [0.2, 0.25) is 0 Å². The first-order valence-corrected chi connectivity index (χ1v) is 9.23. The van der Waals surface area contributed by atoms with Crippen LogP contribution < -0.4 is 5.32 Å². The van der Waals surface area contributed by atoms with E-state index in [-0.39, 0.29) is 18.6 Å². The van der Waals surface area contributed by atoms with E-state index >= 15 is 0 Å². The maximum absolute atomic E-state index is 12.1. The number of ether oxygens (including phenoxy) is 1. The van der Waals surface area contributed by atoms with Gasteiger partial charge in [-0.2, -0.15) is 0 Å². The van der Waals surface area contributed by atoms with Gasteiger partial charge in [-0.25, -0.2) is 4.79 Å². The Balaban J connectivity index is 1.83. The molecule has 1 atom stereocenters. The van der Waals surface area contributed by atoms with Crippen LogP contribution in [0, 0.1) is 6.92 Å². The summed E-state index contributed by atoms with van der Waals surface area (Å²) in [6, 6.07) is 15.4. The van der Waals surface area contributed by atoms with E-state index < -0.39 is 5.97 Å². The molecule has 0 spiro atoms. The molecule has 4 nitrogen and oxygen atoms in total. The summed E-state index contributed by atoms with van der Waals surface area (Å²) in [7, 11) is 0. The highest BCUT2D eigenvalue weighted by atomic mass is 79.9. The number of rotatable bonds is 7. The minimum Gasteiger partial charge on any atom is -0.452 e. The highest BCUT2D eigenvalue weighted by molar-refractivity contribution is 9.10. The monoisotopic (exact) mass is 415 g/mol. The predicted octanol–water partition coefficient (Wildman–Crippen LogP) is 4.58. The lowest BCUT2D eigenvalue weighted by atomic mass is 10.0. The van der Waals surface area contributed by atoms with Crippen LogP contribution in [-0.2, 0) is 14.3 Å². The lowest BCUT2D eigenvalue weighted by Crippen LogP contribution is -2.32. The summed E-state index contributed by atoms with van der Waals surface area (Å²) in [4.78, 5) is 23.8. The molecule has 0 radical (unpaired) electrons. The molecule has 136 valence electrons. The summed E-state index contributed by atoms with van der Waals surface area (Å²) in [5.74, 6) is -0.870. The fraction of sp³-hybridized carbons (Fsp3) is 0.238. The number of carbonyl (C=O) groups excluding carboxylic acids is 2. The van der Waals surface area contributed by atoms with Crippen molar-refractivity contribution in [3.63, 3.8) is 0 Å². The zero-order chi connectivity index (χ0) is 18.9. The minimum atomic E-state index is -0.552. The van der Waals surface area contributed by atoms with Gasteiger partial charge < -0.3 is 10.1 Å². The summed E-state index contributed by atoms with van der Waals surface area (Å²) < 4.78 is 5.93. The first-order valence-electron chi connectivity index (χ1n) is 8.44. The third kappa shape index (κ3) is 6.48. The molecular formula is C21H22BrNO3. The fourth-order valence-corrected chi connectivity index (χ4v) is 2.83. The van der Waals surface area contributed by atoms with E-state index in [0.717, 1.165) is 22.0 Å². The average Bonchev–Trinajstić information content (AvgIpc) is 2.63. The van der Waals surface area contributed by atoms with Gasteiger partial charge in [0, 0.05) is 10.5 Å². The van der Waals surface area contributed by atoms with E-state index in [4.69, 9.17) is 4.74 Å². The smallest absolute Gasteiger partial charge is 0.331 e. The highest BCUT2D eigenvalue weighted by Crippen LogP contribution is 2.17. The molecule has 0 fully saturated rings. The zero-order valence-electron chi connectivity index (χ0n) is 14.9. The van der Waals surface area contributed by atoms with Crippen molar-refractivity contribution in [2.45, 2.75) is 26.3 Å². The molecule has 26 heavy (non-hydrogen) atoms. The third-order valence-corrected chi connectivity index (χ3v) is 4.32. The number of hydrogen-bond acceptors (Lipinski definition) is 3. The van der Waals surface area contributed by atoms with Crippen LogP contribution >= 0.6 is 15.9 Å². The number of hydrogen-bond donors (Lipinski definition) is 1. The van der Waals surface area contributed by atoms with E-state index in [2.05, 4.69) is 21.2 Å². The third-order valence-electron chi connectivity index (χ3n) is 3.83. The fourth-order valence-electron chi connectivity index (χ4n) is 2.42. The Morgan fingerprint density at radius 3 is 2.58 bits per heavy atom. The first-order chi connectivity index (χ1) is 12.5. The van der Waals surface area contributed by atoms with E-state index in [1.165, 1.54) is 11.6 Å². The molecule has 2 aromatic rings. The lowest BCUT2D eigenvalue weighted by Gasteiger charge is -2.17. The number of amides is 1. The van der Waals surface area contributed by atoms with Crippen LogP contribution in [0.3, 0.4) is 0 Å². The summed E-state index contributed by atoms with van der Waals surface area (Å²) in [5, 5.41) is 2.89. The molecular weight excluding hydrogens is 394 g/mol. The number of aryl methyl sites for hydroxylation is 1. The van der Waals surface area contributed by atoms with Crippen molar-refractivity contribution < 1.29 is 14.3 Å². The van der Waals surface area contributed by atoms with Crippen LogP contribution in [-0.4, -0.2) is 18.5 Å². The molecule has 0 unspecified atom stereocenters. The molecule has 1 amide bonds. The molecule has 0 aliphatic carbocycles. The maximum Gasteiger partial charge on any atom is 0.331 e. The van der Waals surface area contributed by atoms with Crippen molar-refractivity contribution in [2.24, 2.45) is 0 Å². The van der Waals surface area contributed by atoms with Gasteiger partial charge in [0.2, 0.25) is 0 Å². The Hall–Kier alpha value is -2.40. The Labute approximate surface area is 162 Å². The van der Waals surface area contributed by atoms with E-state index in [9.17, 15) is 9.59 Å². The van der Waals surface area contributed by atoms with Crippen LogP contribution in [0.4, 0.5) is 0 Å². The highest BCUT2D eigenvalue weighted by Gasteiger charge is 2.13. The second-order valence-electron chi connectivity index (χ2n) is 5.94. The Morgan fingerprint density at radius 1 is 1.19 bits per heavy atom. The van der Waals surface area contributed by atoms with Crippen molar-refractivity contribution in [3.05, 3.63) is 75.8 Å². The van der Waals surface area contributed by atoms with Crippen LogP contribution in [0.5, 0.6) is 0 Å². The van der Waals surface area contributed by atoms with Crippen molar-refractivity contribution in [3.8, 4) is 0 Å². The molecule has 0 aromatic heterocycles. The molecule has 0 saturated heterocycles. The molecule has 1 N–H and O–H groups in total. The second kappa shape index (κ2) is 9.92. The Bertz CT molecular complexity index is 784. The molecule has 0 aliphatic heterocycles. The minimum absolute atomic E-state index is 0.0981. The Morgan fingerprint density at radius 2 is 1.92 bits per heavy atom. The number of esters is 1. The standard InChI is InChI=1S/C21H22BrNO3/c1-3-19(17-10-7-15(2)8-11-17)23-20(24)14-26-21(25)12-9-16-5-4-6-18(22)13-16/h4-13,19H,3,14H2,1-2H3,(H,23,24)/b12-9+/t19-/m0/s1. The lowest BCUT2D eigenvalue weighted by molar-refractivity contribution is -0.144. The molecule has 2 aromatic carbocycles. The number of benzene rings is 2. The topological polar surface area (TPSA) is 55.4 Å². The largest absolute Gasteiger partial charge is 0.452 e. The van der Waals surface area contributed by atoms with Gasteiger partial charge in [-0.05, 0) is 42.7 Å². The quantitative estimate of drug-likeness (QED) is 0.531. The van der Waals surface area contributed by atoms with E-state index in [1.807, 2.05) is 62.4 Å². The van der Waals surface area contributed by atoms with Gasteiger partial charge in [-0.1, -0.05) is 64.8 Å². The van der Waals surface area contributed by atoms with Gasteiger partial charge in [0.15, 0.2) is 6.61 Å². The van der Waals surface area contributed by atoms with Crippen molar-refractivity contribution >= 4 is 33.9 Å². The number of nitrogens with one attached hydrogen (secondary N) is 1. The van der Waals surface area contributed by atoms with Crippen LogP contribution in [0.25, 0.3) is 6.08 Å². The SMILES string of the molecule is CC[C@H](NC(=O)COC(=O)/C=C/c1cccc(Br)c1)c1ccc(C)cc1. The van der Waals surface area contributed by atoms with Crippen LogP contribution in [0.1, 0.15) is 36.1 Å². The van der Waals surface area contributed by atoms with Gasteiger partial charge in [0.1, 0.15) is 0 Å². The Kier molecular flexibility index (Phi) is 7.60. The second-order valence-corrected chi connectivity index (χ2v) is 6.85. The van der Waals surface area contributed by atoms with Gasteiger partial charge in [-0.3, -0.25) is 4.79 Å². The molecule has 0 heterocycles. The normalized spacial score (nSPS) is 12.0. The van der Waals surface area contributed by atoms with Gasteiger partial charge in [0.25, 0.3) is 5.91 Å². The van der Waals surface area contributed by atoms with Crippen LogP contribution in [0.15, 0.2) is 59.1 Å². The molecule has 5 heteroatoms. The number of halogens is 1. The van der Waals surface area contributed by atoms with E-state index in [1.54, 1.807) is 6.08 Å². The van der Waals surface area contributed by atoms with Crippen molar-refractivity contribution in [1.29, 1.82) is 0 Å². The van der Waals surface area contributed by atoms with Gasteiger partial charge in [0.05, 0.1) is 6.04 Å². The number of carbonyl (C=O) groups is 2. The molecule has 0 saturated carbocycles. The molecule has 2 rings (SSSR count). The van der Waals surface area contributed by atoms with Gasteiger partial charge in [-0.15, -0.1) is 0 Å². The maximum atomic E-state index is 12.1. The van der Waals surface area contributed by atoms with Gasteiger partial charge >= 0.3 is 5.97 Å². The molecule has 0 aliphatic rings. The summed E-state index contributed by atoms with van der Waals surface area (Å²) in [6.45, 7) is 3.71. The predicted molar refractivity (Wildman–Crippen MR) is 106 cm³/mol.